The van der Waals surface area contributed by atoms with E-state index in [1.165, 1.54) is 42.0 Å². The van der Waals surface area contributed by atoms with Crippen molar-refractivity contribution in [2.24, 2.45) is 5.73 Å². The van der Waals surface area contributed by atoms with Crippen molar-refractivity contribution in [3.63, 3.8) is 0 Å². The van der Waals surface area contributed by atoms with E-state index in [0.29, 0.717) is 6.54 Å². The Balaban J connectivity index is 1.96. The van der Waals surface area contributed by atoms with Crippen LogP contribution in [0.4, 0.5) is 0 Å². The van der Waals surface area contributed by atoms with Crippen molar-refractivity contribution in [3.05, 3.63) is 42.0 Å². The molecular weight excluding hydrogens is 296 g/mol. The smallest absolute Gasteiger partial charge is 0.124 e. The molecule has 0 bridgehead atoms. The van der Waals surface area contributed by atoms with Gasteiger partial charge in [0, 0.05) is 12.1 Å². The molecule has 0 aromatic heterocycles. The molecule has 1 fully saturated rings. The lowest BCUT2D eigenvalue weighted by atomic mass is 9.96. The summed E-state index contributed by atoms with van der Waals surface area (Å²) < 4.78 is 6.21. The first-order valence-corrected chi connectivity index (χ1v) is 9.43. The van der Waals surface area contributed by atoms with Gasteiger partial charge in [-0.3, -0.25) is 4.90 Å². The fourth-order valence-electron chi connectivity index (χ4n) is 3.78. The van der Waals surface area contributed by atoms with Crippen molar-refractivity contribution in [2.75, 3.05) is 26.2 Å². The van der Waals surface area contributed by atoms with E-state index in [1.807, 2.05) is 0 Å². The molecule has 2 aromatic rings. The van der Waals surface area contributed by atoms with E-state index in [9.17, 15) is 0 Å². The Morgan fingerprint density at radius 2 is 1.88 bits per heavy atom. The van der Waals surface area contributed by atoms with E-state index in [-0.39, 0.29) is 6.04 Å². The third-order valence-electron chi connectivity index (χ3n) is 5.07. The molecule has 1 aliphatic heterocycles. The number of fused-ring (bicyclic) bond motifs is 1. The van der Waals surface area contributed by atoms with Gasteiger partial charge in [0.25, 0.3) is 0 Å². The molecule has 3 rings (SSSR count). The van der Waals surface area contributed by atoms with E-state index in [1.54, 1.807) is 0 Å². The van der Waals surface area contributed by atoms with Crippen LogP contribution in [0.2, 0.25) is 0 Å². The summed E-state index contributed by atoms with van der Waals surface area (Å²) >= 11 is 0. The highest BCUT2D eigenvalue weighted by atomic mass is 16.5. The number of likely N-dealkylation sites (tertiary alicyclic amines) is 1. The van der Waals surface area contributed by atoms with Crippen LogP contribution in [0.25, 0.3) is 10.8 Å². The molecule has 3 heteroatoms. The maximum atomic E-state index is 6.22. The van der Waals surface area contributed by atoms with Gasteiger partial charge in [-0.05, 0) is 49.2 Å². The van der Waals surface area contributed by atoms with Gasteiger partial charge < -0.3 is 10.5 Å². The molecule has 2 aromatic carbocycles. The van der Waals surface area contributed by atoms with Crippen LogP contribution < -0.4 is 10.5 Å². The van der Waals surface area contributed by atoms with Gasteiger partial charge in [-0.25, -0.2) is 0 Å². The largest absolute Gasteiger partial charge is 0.493 e. The summed E-state index contributed by atoms with van der Waals surface area (Å²) in [6, 6.07) is 13.2. The Kier molecular flexibility index (Phi) is 6.11. The van der Waals surface area contributed by atoms with Gasteiger partial charge in [-0.2, -0.15) is 0 Å². The van der Waals surface area contributed by atoms with Crippen molar-refractivity contribution < 1.29 is 4.74 Å². The summed E-state index contributed by atoms with van der Waals surface area (Å²) in [6.45, 7) is 5.93. The lowest BCUT2D eigenvalue weighted by molar-refractivity contribution is 0.239. The van der Waals surface area contributed by atoms with Crippen LogP contribution in [0, 0.1) is 0 Å². The second-order valence-electron chi connectivity index (χ2n) is 6.75. The molecule has 1 atom stereocenters. The van der Waals surface area contributed by atoms with Crippen LogP contribution in [0.5, 0.6) is 5.75 Å². The summed E-state index contributed by atoms with van der Waals surface area (Å²) in [5.74, 6) is 1.02. The van der Waals surface area contributed by atoms with Gasteiger partial charge in [0.1, 0.15) is 5.75 Å². The Hall–Kier alpha value is -1.58. The Morgan fingerprint density at radius 1 is 1.08 bits per heavy atom. The Morgan fingerprint density at radius 3 is 2.62 bits per heavy atom. The maximum absolute atomic E-state index is 6.22. The third kappa shape index (κ3) is 3.73. The van der Waals surface area contributed by atoms with E-state index in [4.69, 9.17) is 10.5 Å². The van der Waals surface area contributed by atoms with Crippen LogP contribution in [-0.2, 0) is 0 Å². The number of hydrogen-bond donors (Lipinski definition) is 1. The molecule has 24 heavy (non-hydrogen) atoms. The van der Waals surface area contributed by atoms with E-state index in [0.717, 1.165) is 31.9 Å². The van der Waals surface area contributed by atoms with Gasteiger partial charge in [0.05, 0.1) is 12.6 Å². The fourth-order valence-corrected chi connectivity index (χ4v) is 3.78. The average Bonchev–Trinajstić information content (AvgIpc) is 3.15. The zero-order valence-electron chi connectivity index (χ0n) is 14.8. The topological polar surface area (TPSA) is 38.5 Å². The second-order valence-corrected chi connectivity index (χ2v) is 6.75. The van der Waals surface area contributed by atoms with Gasteiger partial charge in [-0.15, -0.1) is 0 Å². The molecule has 0 aliphatic carbocycles. The Bertz CT molecular complexity index is 649. The first-order chi connectivity index (χ1) is 11.8. The van der Waals surface area contributed by atoms with Gasteiger partial charge in [-0.1, -0.05) is 50.1 Å². The Labute approximate surface area is 145 Å². The van der Waals surface area contributed by atoms with E-state index < -0.39 is 0 Å². The zero-order valence-corrected chi connectivity index (χ0v) is 14.8. The van der Waals surface area contributed by atoms with Crippen LogP contribution in [0.15, 0.2) is 36.4 Å². The first-order valence-electron chi connectivity index (χ1n) is 9.43. The minimum atomic E-state index is 0.250. The second kappa shape index (κ2) is 8.50. The molecule has 2 N–H and O–H groups in total. The van der Waals surface area contributed by atoms with Crippen molar-refractivity contribution in [3.8, 4) is 5.75 Å². The van der Waals surface area contributed by atoms with E-state index in [2.05, 4.69) is 48.2 Å². The minimum Gasteiger partial charge on any atom is -0.493 e. The lowest BCUT2D eigenvalue weighted by Crippen LogP contribution is -2.32. The number of nitrogens with zero attached hydrogens (tertiary/aromatic N) is 1. The number of hydrogen-bond acceptors (Lipinski definition) is 3. The molecule has 0 amide bonds. The van der Waals surface area contributed by atoms with Crippen molar-refractivity contribution >= 4 is 10.8 Å². The highest BCUT2D eigenvalue weighted by Gasteiger charge is 2.26. The summed E-state index contributed by atoms with van der Waals surface area (Å²) in [7, 11) is 0. The lowest BCUT2D eigenvalue weighted by Gasteiger charge is -2.29. The van der Waals surface area contributed by atoms with E-state index >= 15 is 0 Å². The van der Waals surface area contributed by atoms with Crippen molar-refractivity contribution in [1.82, 2.24) is 4.90 Å². The highest BCUT2D eigenvalue weighted by molar-refractivity contribution is 5.88. The molecule has 1 heterocycles. The molecule has 130 valence electrons. The molecule has 3 nitrogen and oxygen atoms in total. The standard InChI is InChI=1S/C21H30N2O/c1-2-3-8-15-24-20-12-11-17-9-4-5-10-18(17)21(20)19(16-22)23-13-6-7-14-23/h4-5,9-12,19H,2-3,6-8,13-16,22H2,1H3. The monoisotopic (exact) mass is 326 g/mol. The van der Waals surface area contributed by atoms with Crippen molar-refractivity contribution in [2.45, 2.75) is 45.1 Å². The predicted octanol–water partition coefficient (Wildman–Crippen LogP) is 4.50. The summed E-state index contributed by atoms with van der Waals surface area (Å²) in [5, 5.41) is 2.55. The summed E-state index contributed by atoms with van der Waals surface area (Å²) in [6.07, 6.45) is 6.09. The molecule has 0 radical (unpaired) electrons. The molecule has 0 spiro atoms. The number of nitrogens with two attached hydrogens (primary N) is 1. The minimum absolute atomic E-state index is 0.250. The third-order valence-corrected chi connectivity index (χ3v) is 5.07. The molecular formula is C21H30N2O. The normalized spacial score (nSPS) is 16.6. The number of ether oxygens (including phenoxy) is 1. The van der Waals surface area contributed by atoms with Crippen molar-refractivity contribution in [1.29, 1.82) is 0 Å². The molecule has 1 saturated heterocycles. The molecule has 1 unspecified atom stereocenters. The SMILES string of the molecule is CCCCCOc1ccc2ccccc2c1C(CN)N1CCCC1. The zero-order chi connectivity index (χ0) is 16.8. The summed E-state index contributed by atoms with van der Waals surface area (Å²) in [5.41, 5.74) is 7.51. The molecule has 1 aliphatic rings. The first kappa shape index (κ1) is 17.2. The fraction of sp³-hybridized carbons (Fsp3) is 0.524. The number of rotatable bonds is 8. The molecule has 0 saturated carbocycles. The van der Waals surface area contributed by atoms with Gasteiger partial charge in [0.2, 0.25) is 0 Å². The van der Waals surface area contributed by atoms with Gasteiger partial charge >= 0.3 is 0 Å². The van der Waals surface area contributed by atoms with Crippen LogP contribution in [-0.4, -0.2) is 31.1 Å². The van der Waals surface area contributed by atoms with Crippen LogP contribution in [0.1, 0.15) is 50.6 Å². The average molecular weight is 326 g/mol. The predicted molar refractivity (Wildman–Crippen MR) is 102 cm³/mol. The highest BCUT2D eigenvalue weighted by Crippen LogP contribution is 2.37. The van der Waals surface area contributed by atoms with Gasteiger partial charge in [0.15, 0.2) is 0 Å². The van der Waals surface area contributed by atoms with Crippen LogP contribution >= 0.6 is 0 Å². The van der Waals surface area contributed by atoms with Crippen LogP contribution in [0.3, 0.4) is 0 Å². The maximum Gasteiger partial charge on any atom is 0.124 e. The number of benzene rings is 2. The number of unbranched alkanes of at least 4 members (excludes halogenated alkanes) is 2. The summed E-state index contributed by atoms with van der Waals surface area (Å²) in [4.78, 5) is 2.53. The quantitative estimate of drug-likeness (QED) is 0.726.